The number of piperazine rings is 1. The van der Waals surface area contributed by atoms with Crippen LogP contribution in [0.5, 0.6) is 0 Å². The van der Waals surface area contributed by atoms with Crippen molar-refractivity contribution in [1.29, 1.82) is 0 Å². The molecule has 0 radical (unpaired) electrons. The van der Waals surface area contributed by atoms with E-state index in [-0.39, 0.29) is 36.8 Å². The van der Waals surface area contributed by atoms with E-state index < -0.39 is 0 Å². The fourth-order valence-corrected chi connectivity index (χ4v) is 3.29. The highest BCUT2D eigenvalue weighted by atomic mass is 35.5. The number of aryl methyl sites for hydroxylation is 1. The van der Waals surface area contributed by atoms with E-state index in [0.717, 1.165) is 52.1 Å². The molecule has 2 saturated heterocycles. The molecule has 2 aliphatic rings. The topological polar surface area (TPSA) is 74.5 Å². The minimum absolute atomic E-state index is 0. The van der Waals surface area contributed by atoms with E-state index in [4.69, 9.17) is 4.52 Å². The Labute approximate surface area is 155 Å². The monoisotopic (exact) mass is 379 g/mol. The molecule has 1 aromatic heterocycles. The van der Waals surface area contributed by atoms with E-state index >= 15 is 0 Å². The van der Waals surface area contributed by atoms with Crippen LogP contribution in [0, 0.1) is 12.8 Å². The van der Waals surface area contributed by atoms with Crippen molar-refractivity contribution in [3.05, 3.63) is 11.7 Å². The molecule has 3 rings (SSSR count). The summed E-state index contributed by atoms with van der Waals surface area (Å²) in [5, 5.41) is 7.17. The molecule has 1 N–H and O–H groups in total. The van der Waals surface area contributed by atoms with Crippen LogP contribution in [0.25, 0.3) is 0 Å². The van der Waals surface area contributed by atoms with Crippen LogP contribution < -0.4 is 5.32 Å². The van der Waals surface area contributed by atoms with Crippen LogP contribution in [0.15, 0.2) is 4.52 Å². The van der Waals surface area contributed by atoms with Gasteiger partial charge in [0.25, 0.3) is 0 Å². The van der Waals surface area contributed by atoms with Gasteiger partial charge in [-0.05, 0) is 33.2 Å². The van der Waals surface area contributed by atoms with Gasteiger partial charge in [0.15, 0.2) is 5.82 Å². The Morgan fingerprint density at radius 2 is 2.00 bits per heavy atom. The Hall–Kier alpha value is -0.890. The van der Waals surface area contributed by atoms with Gasteiger partial charge < -0.3 is 14.7 Å². The zero-order valence-corrected chi connectivity index (χ0v) is 15.9. The van der Waals surface area contributed by atoms with Gasteiger partial charge in [0.2, 0.25) is 11.8 Å². The van der Waals surface area contributed by atoms with Crippen molar-refractivity contribution in [2.75, 3.05) is 39.3 Å². The number of amides is 1. The lowest BCUT2D eigenvalue weighted by Gasteiger charge is -2.38. The number of hydrogen-bond acceptors (Lipinski definition) is 6. The first-order valence-electron chi connectivity index (χ1n) is 8.19. The lowest BCUT2D eigenvalue weighted by Crippen LogP contribution is -2.52. The zero-order valence-electron chi connectivity index (χ0n) is 14.2. The number of nitrogens with zero attached hydrogens (tertiary/aromatic N) is 4. The average Bonchev–Trinajstić information content (AvgIpc) is 3.01. The van der Waals surface area contributed by atoms with Crippen molar-refractivity contribution in [3.8, 4) is 0 Å². The van der Waals surface area contributed by atoms with Crippen molar-refractivity contribution in [3.63, 3.8) is 0 Å². The molecule has 3 heterocycles. The number of rotatable bonds is 3. The first kappa shape index (κ1) is 21.2. The maximum atomic E-state index is 12.5. The van der Waals surface area contributed by atoms with Crippen LogP contribution in [0.4, 0.5) is 0 Å². The number of nitrogens with one attached hydrogen (secondary N) is 1. The number of carbonyl (C=O) groups is 1. The molecule has 1 amide bonds. The Balaban J connectivity index is 0.00000144. The molecule has 1 aromatic rings. The molecule has 9 heteroatoms. The predicted molar refractivity (Wildman–Crippen MR) is 95.7 cm³/mol. The van der Waals surface area contributed by atoms with Crippen LogP contribution in [-0.4, -0.2) is 65.1 Å². The molecule has 2 unspecified atom stereocenters. The molecule has 0 aliphatic carbocycles. The largest absolute Gasteiger partial charge is 0.340 e. The summed E-state index contributed by atoms with van der Waals surface area (Å²) in [5.74, 6) is 1.80. The summed E-state index contributed by atoms with van der Waals surface area (Å²) in [6.07, 6.45) is 2.12. The molecule has 0 saturated carbocycles. The van der Waals surface area contributed by atoms with E-state index in [1.165, 1.54) is 0 Å². The molecule has 0 spiro atoms. The van der Waals surface area contributed by atoms with Crippen molar-refractivity contribution >= 4 is 30.7 Å². The van der Waals surface area contributed by atoms with Gasteiger partial charge in [-0.2, -0.15) is 4.98 Å². The third kappa shape index (κ3) is 4.81. The maximum absolute atomic E-state index is 12.5. The lowest BCUT2D eigenvalue weighted by molar-refractivity contribution is -0.138. The van der Waals surface area contributed by atoms with Crippen LogP contribution >= 0.6 is 24.8 Å². The van der Waals surface area contributed by atoms with E-state index in [1.807, 2.05) is 11.8 Å². The predicted octanol–water partition coefficient (Wildman–Crippen LogP) is 1.43. The normalized spacial score (nSPS) is 23.1. The van der Waals surface area contributed by atoms with E-state index in [0.29, 0.717) is 17.6 Å². The molecule has 0 aromatic carbocycles. The molecular formula is C15H27Cl2N5O2. The molecule has 0 bridgehead atoms. The molecule has 24 heavy (non-hydrogen) atoms. The average molecular weight is 380 g/mol. The second-order valence-electron chi connectivity index (χ2n) is 6.26. The van der Waals surface area contributed by atoms with Crippen molar-refractivity contribution in [1.82, 2.24) is 25.3 Å². The van der Waals surface area contributed by atoms with Crippen LogP contribution in [0.1, 0.15) is 37.5 Å². The van der Waals surface area contributed by atoms with Gasteiger partial charge in [0, 0.05) is 32.7 Å². The molecule has 138 valence electrons. The fourth-order valence-electron chi connectivity index (χ4n) is 3.29. The second kappa shape index (κ2) is 9.56. The third-order valence-electron chi connectivity index (χ3n) is 4.72. The van der Waals surface area contributed by atoms with Gasteiger partial charge in [0.1, 0.15) is 0 Å². The van der Waals surface area contributed by atoms with Gasteiger partial charge in [-0.3, -0.25) is 9.69 Å². The minimum Gasteiger partial charge on any atom is -0.340 e. The Morgan fingerprint density at radius 3 is 2.54 bits per heavy atom. The molecule has 7 nitrogen and oxygen atoms in total. The van der Waals surface area contributed by atoms with Crippen molar-refractivity contribution < 1.29 is 9.32 Å². The summed E-state index contributed by atoms with van der Waals surface area (Å²) in [4.78, 5) is 21.1. The van der Waals surface area contributed by atoms with Gasteiger partial charge in [-0.1, -0.05) is 5.16 Å². The zero-order chi connectivity index (χ0) is 15.5. The van der Waals surface area contributed by atoms with Crippen molar-refractivity contribution in [2.45, 2.75) is 32.7 Å². The SMILES string of the molecule is Cc1noc(C(C)N2CCN(C(=O)C3CCCNC3)CC2)n1.Cl.Cl. The summed E-state index contributed by atoms with van der Waals surface area (Å²) in [6, 6.07) is 0.106. The van der Waals surface area contributed by atoms with Crippen LogP contribution in [0.2, 0.25) is 0 Å². The first-order valence-corrected chi connectivity index (χ1v) is 8.19. The van der Waals surface area contributed by atoms with E-state index in [2.05, 4.69) is 27.3 Å². The molecule has 2 atom stereocenters. The van der Waals surface area contributed by atoms with Gasteiger partial charge in [-0.15, -0.1) is 24.8 Å². The summed E-state index contributed by atoms with van der Waals surface area (Å²) >= 11 is 0. The summed E-state index contributed by atoms with van der Waals surface area (Å²) in [5.41, 5.74) is 0. The lowest BCUT2D eigenvalue weighted by atomic mass is 9.98. The van der Waals surface area contributed by atoms with Crippen LogP contribution in [-0.2, 0) is 4.79 Å². The van der Waals surface area contributed by atoms with E-state index in [1.54, 1.807) is 0 Å². The number of hydrogen-bond donors (Lipinski definition) is 1. The standard InChI is InChI=1S/C15H25N5O2.2ClH/c1-11(14-17-12(2)18-22-14)19-6-8-20(9-7-19)15(21)13-4-3-5-16-10-13;;/h11,13,16H,3-10H2,1-2H3;2*1H. The maximum Gasteiger partial charge on any atom is 0.243 e. The second-order valence-corrected chi connectivity index (χ2v) is 6.26. The summed E-state index contributed by atoms with van der Waals surface area (Å²) in [6.45, 7) is 9.06. The Morgan fingerprint density at radius 1 is 1.29 bits per heavy atom. The fraction of sp³-hybridized carbons (Fsp3) is 0.800. The Kier molecular flexibility index (Phi) is 8.42. The third-order valence-corrected chi connectivity index (χ3v) is 4.72. The van der Waals surface area contributed by atoms with Gasteiger partial charge >= 0.3 is 0 Å². The molecular weight excluding hydrogens is 353 g/mol. The summed E-state index contributed by atoms with van der Waals surface area (Å²) < 4.78 is 5.26. The highest BCUT2D eigenvalue weighted by molar-refractivity contribution is 5.85. The Bertz CT molecular complexity index is 514. The highest BCUT2D eigenvalue weighted by Gasteiger charge is 2.31. The molecule has 2 aliphatic heterocycles. The van der Waals surface area contributed by atoms with Crippen LogP contribution in [0.3, 0.4) is 0 Å². The number of aromatic nitrogens is 2. The number of halogens is 2. The number of carbonyl (C=O) groups excluding carboxylic acids is 1. The summed E-state index contributed by atoms with van der Waals surface area (Å²) in [7, 11) is 0. The smallest absolute Gasteiger partial charge is 0.243 e. The first-order chi connectivity index (χ1) is 10.6. The van der Waals surface area contributed by atoms with Crippen molar-refractivity contribution in [2.24, 2.45) is 5.92 Å². The van der Waals surface area contributed by atoms with Gasteiger partial charge in [-0.25, -0.2) is 0 Å². The quantitative estimate of drug-likeness (QED) is 0.855. The number of piperidine rings is 1. The van der Waals surface area contributed by atoms with Gasteiger partial charge in [0.05, 0.1) is 12.0 Å². The van der Waals surface area contributed by atoms with E-state index in [9.17, 15) is 4.79 Å². The minimum atomic E-state index is 0. The highest BCUT2D eigenvalue weighted by Crippen LogP contribution is 2.21. The molecule has 2 fully saturated rings.